The summed E-state index contributed by atoms with van der Waals surface area (Å²) in [6, 6.07) is 5.61. The van der Waals surface area contributed by atoms with Gasteiger partial charge in [-0.05, 0) is 30.7 Å². The van der Waals surface area contributed by atoms with Gasteiger partial charge < -0.3 is 5.73 Å². The van der Waals surface area contributed by atoms with Crippen LogP contribution >= 0.6 is 0 Å². The van der Waals surface area contributed by atoms with Gasteiger partial charge >= 0.3 is 0 Å². The van der Waals surface area contributed by atoms with Gasteiger partial charge in [-0.3, -0.25) is 4.40 Å². The van der Waals surface area contributed by atoms with Crippen LogP contribution in [-0.4, -0.2) is 14.6 Å². The molecule has 0 aliphatic heterocycles. The summed E-state index contributed by atoms with van der Waals surface area (Å²) in [5, 5.41) is 7.86. The molecule has 0 spiro atoms. The zero-order valence-corrected chi connectivity index (χ0v) is 10.1. The summed E-state index contributed by atoms with van der Waals surface area (Å²) in [5.41, 5.74) is 7.28. The van der Waals surface area contributed by atoms with Crippen LogP contribution in [0, 0.1) is 18.6 Å². The van der Waals surface area contributed by atoms with E-state index in [1.807, 2.05) is 0 Å². The van der Waals surface area contributed by atoms with Crippen molar-refractivity contribution in [1.29, 1.82) is 0 Å². The number of halogens is 2. The molecule has 3 aromatic rings. The Kier molecular flexibility index (Phi) is 2.45. The third-order valence-electron chi connectivity index (χ3n) is 2.91. The van der Waals surface area contributed by atoms with Gasteiger partial charge in [-0.2, -0.15) is 0 Å². The first kappa shape index (κ1) is 11.6. The molecular formula is C13H10F2N4. The van der Waals surface area contributed by atoms with Crippen molar-refractivity contribution in [3.8, 4) is 11.4 Å². The molecule has 0 atom stereocenters. The Morgan fingerprint density at radius 2 is 1.89 bits per heavy atom. The highest BCUT2D eigenvalue weighted by molar-refractivity contribution is 5.62. The number of hydrogen-bond acceptors (Lipinski definition) is 3. The molecule has 96 valence electrons. The van der Waals surface area contributed by atoms with E-state index < -0.39 is 11.6 Å². The molecule has 3 rings (SSSR count). The van der Waals surface area contributed by atoms with E-state index >= 15 is 0 Å². The van der Waals surface area contributed by atoms with Crippen molar-refractivity contribution in [3.05, 3.63) is 47.7 Å². The third kappa shape index (κ3) is 1.81. The van der Waals surface area contributed by atoms with Gasteiger partial charge in [-0.15, -0.1) is 10.2 Å². The Balaban J connectivity index is 2.30. The van der Waals surface area contributed by atoms with Gasteiger partial charge in [0, 0.05) is 18.0 Å². The normalized spacial score (nSPS) is 11.1. The SMILES string of the molecule is Cc1cc(-c2nnc3ccc(N)cn23)c(F)cc1F. The lowest BCUT2D eigenvalue weighted by Gasteiger charge is -2.05. The van der Waals surface area contributed by atoms with Crippen LogP contribution < -0.4 is 5.73 Å². The number of aromatic nitrogens is 3. The number of pyridine rings is 1. The molecule has 19 heavy (non-hydrogen) atoms. The summed E-state index contributed by atoms with van der Waals surface area (Å²) >= 11 is 0. The summed E-state index contributed by atoms with van der Waals surface area (Å²) in [4.78, 5) is 0. The van der Waals surface area contributed by atoms with Crippen LogP contribution in [-0.2, 0) is 0 Å². The van der Waals surface area contributed by atoms with Crippen LogP contribution in [0.25, 0.3) is 17.0 Å². The second kappa shape index (κ2) is 4.01. The van der Waals surface area contributed by atoms with Crippen LogP contribution in [0.4, 0.5) is 14.5 Å². The standard InChI is InChI=1S/C13H10F2N4/c1-7-4-9(11(15)5-10(7)14)13-18-17-12-3-2-8(16)6-19(12)13/h2-6H,16H2,1H3. The minimum Gasteiger partial charge on any atom is -0.398 e. The second-order valence-corrected chi connectivity index (χ2v) is 4.30. The Hall–Kier alpha value is -2.50. The smallest absolute Gasteiger partial charge is 0.171 e. The Morgan fingerprint density at radius 1 is 1.11 bits per heavy atom. The Morgan fingerprint density at radius 3 is 2.68 bits per heavy atom. The van der Waals surface area contributed by atoms with E-state index in [4.69, 9.17) is 5.73 Å². The van der Waals surface area contributed by atoms with Gasteiger partial charge in [0.25, 0.3) is 0 Å². The van der Waals surface area contributed by atoms with Crippen LogP contribution in [0.5, 0.6) is 0 Å². The van der Waals surface area contributed by atoms with E-state index in [0.29, 0.717) is 22.7 Å². The molecule has 0 radical (unpaired) electrons. The maximum absolute atomic E-state index is 13.9. The van der Waals surface area contributed by atoms with Gasteiger partial charge in [-0.25, -0.2) is 8.78 Å². The number of hydrogen-bond donors (Lipinski definition) is 1. The molecular weight excluding hydrogens is 250 g/mol. The van der Waals surface area contributed by atoms with E-state index in [1.54, 1.807) is 29.7 Å². The zero-order chi connectivity index (χ0) is 13.6. The van der Waals surface area contributed by atoms with E-state index in [9.17, 15) is 8.78 Å². The quantitative estimate of drug-likeness (QED) is 0.731. The molecule has 4 nitrogen and oxygen atoms in total. The lowest BCUT2D eigenvalue weighted by atomic mass is 10.1. The molecule has 2 N–H and O–H groups in total. The molecule has 2 heterocycles. The number of rotatable bonds is 1. The molecule has 0 amide bonds. The maximum atomic E-state index is 13.9. The molecule has 0 saturated heterocycles. The Bertz CT molecular complexity index is 780. The fraction of sp³-hybridized carbons (Fsp3) is 0.0769. The van der Waals surface area contributed by atoms with Crippen LogP contribution in [0.15, 0.2) is 30.5 Å². The van der Waals surface area contributed by atoms with Crippen molar-refractivity contribution in [3.63, 3.8) is 0 Å². The summed E-state index contributed by atoms with van der Waals surface area (Å²) in [7, 11) is 0. The van der Waals surface area contributed by atoms with E-state index in [0.717, 1.165) is 6.07 Å². The predicted octanol–water partition coefficient (Wildman–Crippen LogP) is 2.57. The Labute approximate surface area is 107 Å². The predicted molar refractivity (Wildman–Crippen MR) is 67.5 cm³/mol. The molecule has 0 saturated carbocycles. The first-order valence-electron chi connectivity index (χ1n) is 5.62. The molecule has 6 heteroatoms. The van der Waals surface area contributed by atoms with Crippen molar-refractivity contribution >= 4 is 11.3 Å². The fourth-order valence-electron chi connectivity index (χ4n) is 1.92. The molecule has 1 aromatic carbocycles. The lowest BCUT2D eigenvalue weighted by Crippen LogP contribution is -1.96. The summed E-state index contributed by atoms with van der Waals surface area (Å²) in [6.45, 7) is 1.57. The van der Waals surface area contributed by atoms with Gasteiger partial charge in [0.15, 0.2) is 11.5 Å². The van der Waals surface area contributed by atoms with E-state index in [1.165, 1.54) is 6.07 Å². The molecule has 0 fully saturated rings. The summed E-state index contributed by atoms with van der Waals surface area (Å²) < 4.78 is 28.7. The monoisotopic (exact) mass is 260 g/mol. The zero-order valence-electron chi connectivity index (χ0n) is 10.1. The average molecular weight is 260 g/mol. The highest BCUT2D eigenvalue weighted by Gasteiger charge is 2.15. The highest BCUT2D eigenvalue weighted by atomic mass is 19.1. The molecule has 0 aliphatic carbocycles. The third-order valence-corrected chi connectivity index (χ3v) is 2.91. The summed E-state index contributed by atoms with van der Waals surface area (Å²) in [5.74, 6) is -0.975. The summed E-state index contributed by atoms with van der Waals surface area (Å²) in [6.07, 6.45) is 1.60. The first-order chi connectivity index (χ1) is 9.06. The number of anilines is 1. The molecule has 0 unspecified atom stereocenters. The average Bonchev–Trinajstić information content (AvgIpc) is 2.76. The first-order valence-corrected chi connectivity index (χ1v) is 5.62. The van der Waals surface area contributed by atoms with E-state index in [-0.39, 0.29) is 5.56 Å². The maximum Gasteiger partial charge on any atom is 0.171 e. The van der Waals surface area contributed by atoms with Crippen molar-refractivity contribution in [2.75, 3.05) is 5.73 Å². The number of aryl methyl sites for hydroxylation is 1. The minimum atomic E-state index is -0.681. The molecule has 2 aromatic heterocycles. The number of fused-ring (bicyclic) bond motifs is 1. The van der Waals surface area contributed by atoms with Crippen molar-refractivity contribution < 1.29 is 8.78 Å². The number of nitrogen functional groups attached to an aromatic ring is 1. The fourth-order valence-corrected chi connectivity index (χ4v) is 1.92. The largest absolute Gasteiger partial charge is 0.398 e. The second-order valence-electron chi connectivity index (χ2n) is 4.30. The number of nitrogens with two attached hydrogens (primary N) is 1. The highest BCUT2D eigenvalue weighted by Crippen LogP contribution is 2.25. The van der Waals surface area contributed by atoms with Crippen LogP contribution in [0.3, 0.4) is 0 Å². The minimum absolute atomic E-state index is 0.192. The molecule has 0 aliphatic rings. The molecule has 0 bridgehead atoms. The van der Waals surface area contributed by atoms with Gasteiger partial charge in [0.1, 0.15) is 11.6 Å². The van der Waals surface area contributed by atoms with Crippen molar-refractivity contribution in [2.24, 2.45) is 0 Å². The topological polar surface area (TPSA) is 56.2 Å². The lowest BCUT2D eigenvalue weighted by molar-refractivity contribution is 0.579. The van der Waals surface area contributed by atoms with Crippen LogP contribution in [0.2, 0.25) is 0 Å². The van der Waals surface area contributed by atoms with Crippen molar-refractivity contribution in [2.45, 2.75) is 6.92 Å². The number of nitrogens with zero attached hydrogens (tertiary/aromatic N) is 3. The van der Waals surface area contributed by atoms with Crippen LogP contribution in [0.1, 0.15) is 5.56 Å². The van der Waals surface area contributed by atoms with Gasteiger partial charge in [0.2, 0.25) is 0 Å². The van der Waals surface area contributed by atoms with E-state index in [2.05, 4.69) is 10.2 Å². The van der Waals surface area contributed by atoms with Gasteiger partial charge in [-0.1, -0.05) is 0 Å². The number of benzene rings is 1. The van der Waals surface area contributed by atoms with Crippen molar-refractivity contribution in [1.82, 2.24) is 14.6 Å². The van der Waals surface area contributed by atoms with Gasteiger partial charge in [0.05, 0.1) is 5.56 Å².